The van der Waals surface area contributed by atoms with Crippen LogP contribution in [0.2, 0.25) is 0 Å². The Morgan fingerprint density at radius 3 is 2.28 bits per heavy atom. The quantitative estimate of drug-likeness (QED) is 0.737. The molecule has 1 unspecified atom stereocenters. The van der Waals surface area contributed by atoms with Crippen molar-refractivity contribution in [1.29, 1.82) is 0 Å². The van der Waals surface area contributed by atoms with Crippen molar-refractivity contribution in [3.05, 3.63) is 57.6 Å². The highest BCUT2D eigenvalue weighted by Gasteiger charge is 2.16. The van der Waals surface area contributed by atoms with E-state index in [1.165, 1.54) is 0 Å². The van der Waals surface area contributed by atoms with Crippen molar-refractivity contribution >= 4 is 34.2 Å². The molecule has 0 aliphatic carbocycles. The molecule has 0 bridgehead atoms. The summed E-state index contributed by atoms with van der Waals surface area (Å²) < 4.78 is 11.3. The second kappa shape index (κ2) is 9.65. The second-order valence-electron chi connectivity index (χ2n) is 5.40. The number of halogens is 2. The average Bonchev–Trinajstić information content (AvgIpc) is 2.60. The third-order valence-electron chi connectivity index (χ3n) is 3.72. The lowest BCUT2D eigenvalue weighted by atomic mass is 10.1. The fourth-order valence-electron chi connectivity index (χ4n) is 2.25. The molecule has 2 rings (SSSR count). The van der Waals surface area contributed by atoms with E-state index in [1.54, 1.807) is 20.3 Å². The molecule has 2 aromatic rings. The van der Waals surface area contributed by atoms with E-state index in [9.17, 15) is 4.79 Å². The molecular formula is C18H22BrClN2O3. The summed E-state index contributed by atoms with van der Waals surface area (Å²) in [7, 11) is 3.15. The number of benzene rings is 2. The van der Waals surface area contributed by atoms with Crippen LogP contribution in [0.5, 0.6) is 11.5 Å². The maximum absolute atomic E-state index is 12.3. The van der Waals surface area contributed by atoms with Crippen LogP contribution in [-0.2, 0) is 11.3 Å². The van der Waals surface area contributed by atoms with E-state index in [1.807, 2.05) is 37.3 Å². The van der Waals surface area contributed by atoms with Gasteiger partial charge >= 0.3 is 0 Å². The van der Waals surface area contributed by atoms with Crippen molar-refractivity contribution in [2.75, 3.05) is 14.2 Å². The van der Waals surface area contributed by atoms with Crippen molar-refractivity contribution in [2.24, 2.45) is 5.73 Å². The zero-order valence-electron chi connectivity index (χ0n) is 14.3. The number of rotatable bonds is 6. The van der Waals surface area contributed by atoms with E-state index in [0.29, 0.717) is 18.0 Å². The van der Waals surface area contributed by atoms with Gasteiger partial charge in [0, 0.05) is 11.0 Å². The number of carbonyl (C=O) groups is 1. The maximum Gasteiger partial charge on any atom is 0.241 e. The van der Waals surface area contributed by atoms with Gasteiger partial charge in [0.1, 0.15) is 6.04 Å². The molecule has 0 spiro atoms. The van der Waals surface area contributed by atoms with Crippen LogP contribution in [0, 0.1) is 6.92 Å². The van der Waals surface area contributed by atoms with Crippen LogP contribution in [-0.4, -0.2) is 20.1 Å². The largest absolute Gasteiger partial charge is 0.493 e. The third kappa shape index (κ3) is 5.36. The Morgan fingerprint density at radius 1 is 1.16 bits per heavy atom. The molecule has 5 nitrogen and oxygen atoms in total. The number of hydrogen-bond donors (Lipinski definition) is 2. The SMILES string of the molecule is COc1cc(Br)c(CNC(=O)C(N)c2ccc(C)cc2)cc1OC.Cl. The lowest BCUT2D eigenvalue weighted by Crippen LogP contribution is -2.33. The van der Waals surface area contributed by atoms with Gasteiger partial charge in [-0.2, -0.15) is 0 Å². The Hall–Kier alpha value is -1.76. The highest BCUT2D eigenvalue weighted by Crippen LogP contribution is 2.33. The third-order valence-corrected chi connectivity index (χ3v) is 4.46. The van der Waals surface area contributed by atoms with E-state index in [0.717, 1.165) is 21.2 Å². The minimum absolute atomic E-state index is 0. The van der Waals surface area contributed by atoms with Crippen LogP contribution in [0.1, 0.15) is 22.7 Å². The van der Waals surface area contributed by atoms with Gasteiger partial charge < -0.3 is 20.5 Å². The Balaban J connectivity index is 0.00000312. The number of nitrogens with one attached hydrogen (secondary N) is 1. The molecule has 25 heavy (non-hydrogen) atoms. The summed E-state index contributed by atoms with van der Waals surface area (Å²) in [6, 6.07) is 10.5. The fraction of sp³-hybridized carbons (Fsp3) is 0.278. The number of ether oxygens (including phenoxy) is 2. The summed E-state index contributed by atoms with van der Waals surface area (Å²) in [5.41, 5.74) is 8.80. The molecule has 136 valence electrons. The smallest absolute Gasteiger partial charge is 0.241 e. The van der Waals surface area contributed by atoms with Gasteiger partial charge in [0.2, 0.25) is 5.91 Å². The van der Waals surface area contributed by atoms with Crippen LogP contribution in [0.25, 0.3) is 0 Å². The monoisotopic (exact) mass is 428 g/mol. The Labute approximate surface area is 162 Å². The van der Waals surface area contributed by atoms with E-state index in [-0.39, 0.29) is 18.3 Å². The van der Waals surface area contributed by atoms with E-state index >= 15 is 0 Å². The lowest BCUT2D eigenvalue weighted by molar-refractivity contribution is -0.122. The van der Waals surface area contributed by atoms with Crippen LogP contribution >= 0.6 is 28.3 Å². The van der Waals surface area contributed by atoms with Gasteiger partial charge in [-0.1, -0.05) is 45.8 Å². The predicted octanol–water partition coefficient (Wildman–Crippen LogP) is 3.51. The maximum atomic E-state index is 12.3. The summed E-state index contributed by atoms with van der Waals surface area (Å²) in [6.45, 7) is 2.32. The second-order valence-corrected chi connectivity index (χ2v) is 6.26. The van der Waals surface area contributed by atoms with Crippen molar-refractivity contribution in [3.63, 3.8) is 0 Å². The average molecular weight is 430 g/mol. The molecule has 0 aliphatic heterocycles. The van der Waals surface area contributed by atoms with Gasteiger partial charge in [0.15, 0.2) is 11.5 Å². The minimum Gasteiger partial charge on any atom is -0.493 e. The van der Waals surface area contributed by atoms with Gasteiger partial charge in [-0.25, -0.2) is 0 Å². The van der Waals surface area contributed by atoms with Crippen LogP contribution < -0.4 is 20.5 Å². The first-order chi connectivity index (χ1) is 11.5. The summed E-state index contributed by atoms with van der Waals surface area (Å²) in [5.74, 6) is 0.990. The summed E-state index contributed by atoms with van der Waals surface area (Å²) >= 11 is 3.47. The topological polar surface area (TPSA) is 73.6 Å². The fourth-order valence-corrected chi connectivity index (χ4v) is 2.71. The highest BCUT2D eigenvalue weighted by atomic mass is 79.9. The molecule has 0 radical (unpaired) electrons. The van der Waals surface area contributed by atoms with Gasteiger partial charge in [-0.3, -0.25) is 4.79 Å². The predicted molar refractivity (Wildman–Crippen MR) is 104 cm³/mol. The van der Waals surface area contributed by atoms with Gasteiger partial charge in [0.25, 0.3) is 0 Å². The number of carbonyl (C=O) groups excluding carboxylic acids is 1. The lowest BCUT2D eigenvalue weighted by Gasteiger charge is -2.15. The normalized spacial score (nSPS) is 11.2. The molecule has 3 N–H and O–H groups in total. The van der Waals surface area contributed by atoms with Gasteiger partial charge in [-0.15, -0.1) is 12.4 Å². The first kappa shape index (κ1) is 21.3. The number of aryl methyl sites for hydroxylation is 1. The Morgan fingerprint density at radius 2 is 1.72 bits per heavy atom. The molecule has 0 aromatic heterocycles. The molecule has 0 saturated heterocycles. The summed E-state index contributed by atoms with van der Waals surface area (Å²) in [5, 5.41) is 2.85. The van der Waals surface area contributed by atoms with Gasteiger partial charge in [0.05, 0.1) is 14.2 Å². The van der Waals surface area contributed by atoms with Gasteiger partial charge in [-0.05, 0) is 30.2 Å². The Kier molecular flexibility index (Phi) is 8.22. The molecule has 1 amide bonds. The first-order valence-corrected chi connectivity index (χ1v) is 8.25. The number of amides is 1. The van der Waals surface area contributed by atoms with Crippen LogP contribution in [0.3, 0.4) is 0 Å². The molecule has 0 heterocycles. The Bertz CT molecular complexity index is 723. The number of nitrogens with two attached hydrogens (primary N) is 1. The van der Waals surface area contributed by atoms with Crippen LogP contribution in [0.4, 0.5) is 0 Å². The number of methoxy groups -OCH3 is 2. The molecule has 1 atom stereocenters. The zero-order chi connectivity index (χ0) is 17.7. The van der Waals surface area contributed by atoms with Crippen LogP contribution in [0.15, 0.2) is 40.9 Å². The van der Waals surface area contributed by atoms with E-state index in [4.69, 9.17) is 15.2 Å². The molecule has 0 fully saturated rings. The van der Waals surface area contributed by atoms with Crippen molar-refractivity contribution in [2.45, 2.75) is 19.5 Å². The van der Waals surface area contributed by atoms with E-state index < -0.39 is 6.04 Å². The zero-order valence-corrected chi connectivity index (χ0v) is 16.7. The summed E-state index contributed by atoms with van der Waals surface area (Å²) in [6.07, 6.45) is 0. The van der Waals surface area contributed by atoms with Crippen molar-refractivity contribution in [1.82, 2.24) is 5.32 Å². The minimum atomic E-state index is -0.704. The molecule has 0 saturated carbocycles. The summed E-state index contributed by atoms with van der Waals surface area (Å²) in [4.78, 5) is 12.3. The molecule has 0 aliphatic rings. The molecular weight excluding hydrogens is 408 g/mol. The molecule has 7 heteroatoms. The van der Waals surface area contributed by atoms with E-state index in [2.05, 4.69) is 21.2 Å². The standard InChI is InChI=1S/C18H21BrN2O3.ClH/c1-11-4-6-12(7-5-11)17(20)18(22)21-10-13-8-15(23-2)16(24-3)9-14(13)19;/h4-9,17H,10,20H2,1-3H3,(H,21,22);1H. The van der Waals surface area contributed by atoms with Crippen molar-refractivity contribution < 1.29 is 14.3 Å². The highest BCUT2D eigenvalue weighted by molar-refractivity contribution is 9.10. The van der Waals surface area contributed by atoms with Crippen molar-refractivity contribution in [3.8, 4) is 11.5 Å². The number of hydrogen-bond acceptors (Lipinski definition) is 4. The molecule has 2 aromatic carbocycles. The first-order valence-electron chi connectivity index (χ1n) is 7.46.